The Labute approximate surface area is 134 Å². The molecule has 0 radical (unpaired) electrons. The first-order valence-electron chi connectivity index (χ1n) is 7.43. The summed E-state index contributed by atoms with van der Waals surface area (Å²) in [6, 6.07) is 6.29. The molecular formula is C16H19N3O2S. The van der Waals surface area contributed by atoms with Crippen molar-refractivity contribution in [3.63, 3.8) is 0 Å². The van der Waals surface area contributed by atoms with Crippen LogP contribution in [0.15, 0.2) is 23.2 Å². The van der Waals surface area contributed by atoms with Crippen molar-refractivity contribution in [2.45, 2.75) is 44.4 Å². The van der Waals surface area contributed by atoms with Crippen LogP contribution < -0.4 is 10.6 Å². The maximum absolute atomic E-state index is 12.2. The van der Waals surface area contributed by atoms with Crippen molar-refractivity contribution in [2.24, 2.45) is 4.99 Å². The molecule has 116 valence electrons. The highest BCUT2D eigenvalue weighted by Crippen LogP contribution is 2.29. The summed E-state index contributed by atoms with van der Waals surface area (Å²) in [5.74, 6) is -0.269. The maximum atomic E-state index is 12.2. The van der Waals surface area contributed by atoms with E-state index in [-0.39, 0.29) is 23.5 Å². The summed E-state index contributed by atoms with van der Waals surface area (Å²) in [5.41, 5.74) is 2.91. The van der Waals surface area contributed by atoms with E-state index < -0.39 is 0 Å². The molecule has 0 unspecified atom stereocenters. The number of aryl methyl sites for hydroxylation is 2. The van der Waals surface area contributed by atoms with Crippen LogP contribution in [0.25, 0.3) is 0 Å². The number of carbonyl (C=O) groups is 2. The van der Waals surface area contributed by atoms with Gasteiger partial charge >= 0.3 is 0 Å². The normalized spacial score (nSPS) is 22.7. The zero-order chi connectivity index (χ0) is 15.7. The first-order valence-corrected chi connectivity index (χ1v) is 8.31. The molecule has 6 heteroatoms. The minimum absolute atomic E-state index is 0.125. The first-order chi connectivity index (χ1) is 10.5. The van der Waals surface area contributed by atoms with Gasteiger partial charge in [-0.25, -0.2) is 0 Å². The van der Waals surface area contributed by atoms with Crippen molar-refractivity contribution in [3.05, 3.63) is 29.3 Å². The number of anilines is 1. The van der Waals surface area contributed by atoms with Gasteiger partial charge in [0.1, 0.15) is 5.25 Å². The zero-order valence-corrected chi connectivity index (χ0v) is 13.5. The number of nitrogens with one attached hydrogen (secondary N) is 2. The van der Waals surface area contributed by atoms with Gasteiger partial charge in [-0.2, -0.15) is 0 Å². The molecule has 2 fully saturated rings. The van der Waals surface area contributed by atoms with Gasteiger partial charge in [-0.3, -0.25) is 14.6 Å². The molecule has 1 saturated carbocycles. The Bertz CT molecular complexity index is 653. The van der Waals surface area contributed by atoms with E-state index in [1.54, 1.807) is 0 Å². The lowest BCUT2D eigenvalue weighted by molar-refractivity contribution is -0.122. The van der Waals surface area contributed by atoms with E-state index in [2.05, 4.69) is 15.6 Å². The Morgan fingerprint density at radius 1 is 1.41 bits per heavy atom. The van der Waals surface area contributed by atoms with Crippen LogP contribution in [0.3, 0.4) is 0 Å². The van der Waals surface area contributed by atoms with Crippen molar-refractivity contribution < 1.29 is 9.59 Å². The second-order valence-electron chi connectivity index (χ2n) is 5.83. The molecule has 2 aliphatic rings. The SMILES string of the molecule is Cc1ccc(C)c(NC(=O)C[C@@H]2SC(=NC3CC3)NC2=O)c1. The number of aliphatic imine (C=N–C) groups is 1. The molecule has 0 aromatic heterocycles. The molecule has 3 rings (SSSR count). The van der Waals surface area contributed by atoms with Crippen molar-refractivity contribution in [1.82, 2.24) is 5.32 Å². The fourth-order valence-electron chi connectivity index (χ4n) is 2.21. The van der Waals surface area contributed by atoms with E-state index in [1.807, 2.05) is 32.0 Å². The van der Waals surface area contributed by atoms with Crippen LogP contribution in [0.5, 0.6) is 0 Å². The topological polar surface area (TPSA) is 70.6 Å². The van der Waals surface area contributed by atoms with Crippen LogP contribution in [0.2, 0.25) is 0 Å². The molecule has 22 heavy (non-hydrogen) atoms. The van der Waals surface area contributed by atoms with Gasteiger partial charge in [-0.15, -0.1) is 0 Å². The third-order valence-electron chi connectivity index (χ3n) is 3.66. The summed E-state index contributed by atoms with van der Waals surface area (Å²) in [6.07, 6.45) is 2.35. The average molecular weight is 317 g/mol. The third-order valence-corrected chi connectivity index (χ3v) is 4.76. The smallest absolute Gasteiger partial charge is 0.240 e. The van der Waals surface area contributed by atoms with Crippen molar-refractivity contribution in [1.29, 1.82) is 0 Å². The van der Waals surface area contributed by atoms with E-state index in [4.69, 9.17) is 0 Å². The van der Waals surface area contributed by atoms with E-state index in [9.17, 15) is 9.59 Å². The van der Waals surface area contributed by atoms with Gasteiger partial charge in [-0.05, 0) is 43.9 Å². The van der Waals surface area contributed by atoms with Crippen molar-refractivity contribution in [3.8, 4) is 0 Å². The zero-order valence-electron chi connectivity index (χ0n) is 12.7. The molecule has 1 saturated heterocycles. The molecule has 2 N–H and O–H groups in total. The Kier molecular flexibility index (Phi) is 4.20. The van der Waals surface area contributed by atoms with Gasteiger partial charge in [0.15, 0.2) is 5.17 Å². The van der Waals surface area contributed by atoms with Gasteiger partial charge in [0, 0.05) is 12.1 Å². The lowest BCUT2D eigenvalue weighted by Gasteiger charge is -2.10. The van der Waals surface area contributed by atoms with Crippen LogP contribution in [0.4, 0.5) is 5.69 Å². The fraction of sp³-hybridized carbons (Fsp3) is 0.438. The molecule has 2 amide bonds. The van der Waals surface area contributed by atoms with E-state index in [1.165, 1.54) is 11.8 Å². The van der Waals surface area contributed by atoms with Crippen LogP contribution in [-0.4, -0.2) is 28.3 Å². The number of rotatable bonds is 4. The van der Waals surface area contributed by atoms with Crippen LogP contribution in [0, 0.1) is 13.8 Å². The Morgan fingerprint density at radius 3 is 2.91 bits per heavy atom. The fourth-order valence-corrected chi connectivity index (χ4v) is 3.25. The molecule has 1 atom stereocenters. The summed E-state index contributed by atoms with van der Waals surface area (Å²) in [7, 11) is 0. The minimum atomic E-state index is -0.386. The van der Waals surface area contributed by atoms with Gasteiger partial charge in [0.2, 0.25) is 11.8 Å². The Balaban J connectivity index is 1.59. The summed E-state index contributed by atoms with van der Waals surface area (Å²) in [6.45, 7) is 3.93. The number of carbonyl (C=O) groups excluding carboxylic acids is 2. The highest BCUT2D eigenvalue weighted by molar-refractivity contribution is 8.15. The summed E-state index contributed by atoms with van der Waals surface area (Å²) in [5, 5.41) is 5.93. The summed E-state index contributed by atoms with van der Waals surface area (Å²) in [4.78, 5) is 28.5. The molecule has 1 aliphatic heterocycles. The monoisotopic (exact) mass is 317 g/mol. The number of thioether (sulfide) groups is 1. The number of amides is 2. The molecule has 1 aliphatic carbocycles. The molecule has 1 aromatic rings. The molecule has 1 heterocycles. The van der Waals surface area contributed by atoms with E-state index in [0.29, 0.717) is 11.2 Å². The molecular weight excluding hydrogens is 298 g/mol. The highest BCUT2D eigenvalue weighted by atomic mass is 32.2. The summed E-state index contributed by atoms with van der Waals surface area (Å²) < 4.78 is 0. The predicted octanol–water partition coefficient (Wildman–Crippen LogP) is 2.38. The molecule has 1 aromatic carbocycles. The molecule has 5 nitrogen and oxygen atoms in total. The van der Waals surface area contributed by atoms with Crippen molar-refractivity contribution >= 4 is 34.4 Å². The minimum Gasteiger partial charge on any atom is -0.326 e. The standard InChI is InChI=1S/C16H19N3O2S/c1-9-3-4-10(2)12(7-9)18-14(20)8-13-15(21)19-16(22-13)17-11-5-6-11/h3-4,7,11,13H,5-6,8H2,1-2H3,(H,18,20)(H,17,19,21)/t13-/m0/s1. The number of nitrogens with zero attached hydrogens (tertiary/aromatic N) is 1. The average Bonchev–Trinajstić information content (AvgIpc) is 3.19. The van der Waals surface area contributed by atoms with Crippen LogP contribution in [-0.2, 0) is 9.59 Å². The predicted molar refractivity (Wildman–Crippen MR) is 89.1 cm³/mol. The second kappa shape index (κ2) is 6.12. The lowest BCUT2D eigenvalue weighted by Crippen LogP contribution is -2.28. The molecule has 0 bridgehead atoms. The van der Waals surface area contributed by atoms with Crippen LogP contribution >= 0.6 is 11.8 Å². The van der Waals surface area contributed by atoms with Gasteiger partial charge in [-0.1, -0.05) is 23.9 Å². The summed E-state index contributed by atoms with van der Waals surface area (Å²) >= 11 is 1.36. The van der Waals surface area contributed by atoms with Gasteiger partial charge in [0.25, 0.3) is 0 Å². The number of amidine groups is 1. The number of hydrogen-bond acceptors (Lipinski definition) is 4. The Morgan fingerprint density at radius 2 is 2.18 bits per heavy atom. The lowest BCUT2D eigenvalue weighted by atomic mass is 10.1. The number of hydrogen-bond donors (Lipinski definition) is 2. The van der Waals surface area contributed by atoms with E-state index >= 15 is 0 Å². The first kappa shape index (κ1) is 15.1. The highest BCUT2D eigenvalue weighted by Gasteiger charge is 2.33. The second-order valence-corrected chi connectivity index (χ2v) is 7.02. The van der Waals surface area contributed by atoms with Crippen LogP contribution in [0.1, 0.15) is 30.4 Å². The maximum Gasteiger partial charge on any atom is 0.240 e. The number of benzene rings is 1. The Hall–Kier alpha value is -1.82. The molecule has 0 spiro atoms. The third kappa shape index (κ3) is 3.68. The van der Waals surface area contributed by atoms with Gasteiger partial charge < -0.3 is 10.6 Å². The quantitative estimate of drug-likeness (QED) is 0.896. The largest absolute Gasteiger partial charge is 0.326 e. The van der Waals surface area contributed by atoms with E-state index in [0.717, 1.165) is 29.7 Å². The van der Waals surface area contributed by atoms with Gasteiger partial charge in [0.05, 0.1) is 6.04 Å². The van der Waals surface area contributed by atoms with Crippen molar-refractivity contribution in [2.75, 3.05) is 5.32 Å².